The monoisotopic (exact) mass is 639 g/mol. The average molecular weight is 640 g/mol. The molecule has 0 fully saturated rings. The summed E-state index contributed by atoms with van der Waals surface area (Å²) >= 11 is 0. The van der Waals surface area contributed by atoms with Crippen LogP contribution in [0.2, 0.25) is 0 Å². The number of carbonyl (C=O) groups is 3. The van der Waals surface area contributed by atoms with Gasteiger partial charge >= 0.3 is 11.9 Å². The van der Waals surface area contributed by atoms with Crippen LogP contribution in [0.4, 0.5) is 0 Å². The van der Waals surface area contributed by atoms with Crippen LogP contribution < -0.4 is 5.32 Å². The smallest absolute Gasteiger partial charge is 0.322 e. The number of amides is 1. The maximum absolute atomic E-state index is 12.6. The second-order valence-corrected chi connectivity index (χ2v) is 11.8. The van der Waals surface area contributed by atoms with E-state index in [9.17, 15) is 14.4 Å². The molecule has 0 aromatic heterocycles. The Morgan fingerprint density at radius 1 is 0.630 bits per heavy atom. The molecule has 0 saturated carbocycles. The highest BCUT2D eigenvalue weighted by molar-refractivity contribution is 5.80. The summed E-state index contributed by atoms with van der Waals surface area (Å²) in [6.07, 6.45) is 46.2. The van der Waals surface area contributed by atoms with Gasteiger partial charge in [0, 0.05) is 6.42 Å². The Hall–Kier alpha value is -3.15. The molecule has 0 rings (SSSR count). The predicted molar refractivity (Wildman–Crippen MR) is 194 cm³/mol. The molecular formula is C40H65NO5. The number of nitrogens with one attached hydrogen (secondary N) is 1. The van der Waals surface area contributed by atoms with Crippen molar-refractivity contribution in [2.45, 2.75) is 155 Å². The summed E-state index contributed by atoms with van der Waals surface area (Å²) in [7, 11) is 0. The SMILES string of the molecule is CC/C=C\C/C=C\C/C=C\C/C=C\C/C=C\CC(=O)OC(/C=C\CCCCCCCC)CCCCCCCCC(=O)NCC(=O)O. The number of esters is 1. The molecule has 1 unspecified atom stereocenters. The Kier molecular flexibility index (Phi) is 32.3. The lowest BCUT2D eigenvalue weighted by Gasteiger charge is -2.14. The first kappa shape index (κ1) is 42.9. The van der Waals surface area contributed by atoms with Crippen molar-refractivity contribution in [1.29, 1.82) is 0 Å². The highest BCUT2D eigenvalue weighted by Crippen LogP contribution is 2.14. The topological polar surface area (TPSA) is 92.7 Å². The van der Waals surface area contributed by atoms with Gasteiger partial charge in [-0.3, -0.25) is 14.4 Å². The highest BCUT2D eigenvalue weighted by atomic mass is 16.5. The minimum Gasteiger partial charge on any atom is -0.480 e. The quantitative estimate of drug-likeness (QED) is 0.0447. The Labute approximate surface area is 281 Å². The van der Waals surface area contributed by atoms with Crippen molar-refractivity contribution in [3.05, 3.63) is 72.9 Å². The molecule has 0 saturated heterocycles. The number of unbranched alkanes of at least 4 members (excludes halogenated alkanes) is 11. The molecule has 0 radical (unpaired) electrons. The lowest BCUT2D eigenvalue weighted by atomic mass is 10.0. The first-order chi connectivity index (χ1) is 22.5. The van der Waals surface area contributed by atoms with Crippen LogP contribution in [0, 0.1) is 0 Å². The zero-order chi connectivity index (χ0) is 33.8. The fourth-order valence-corrected chi connectivity index (χ4v) is 4.73. The van der Waals surface area contributed by atoms with E-state index in [4.69, 9.17) is 9.84 Å². The largest absolute Gasteiger partial charge is 0.480 e. The number of hydrogen-bond donors (Lipinski definition) is 2. The van der Waals surface area contributed by atoms with E-state index in [0.29, 0.717) is 6.42 Å². The van der Waals surface area contributed by atoms with Gasteiger partial charge in [-0.25, -0.2) is 0 Å². The van der Waals surface area contributed by atoms with Crippen molar-refractivity contribution < 1.29 is 24.2 Å². The van der Waals surface area contributed by atoms with Gasteiger partial charge in [0.2, 0.25) is 5.91 Å². The summed E-state index contributed by atoms with van der Waals surface area (Å²) in [6, 6.07) is 0. The fourth-order valence-electron chi connectivity index (χ4n) is 4.73. The first-order valence-corrected chi connectivity index (χ1v) is 18.1. The first-order valence-electron chi connectivity index (χ1n) is 18.1. The van der Waals surface area contributed by atoms with Crippen LogP contribution in [-0.4, -0.2) is 35.6 Å². The molecule has 6 heteroatoms. The summed E-state index contributed by atoms with van der Waals surface area (Å²) in [4.78, 5) is 34.7. The zero-order valence-corrected chi connectivity index (χ0v) is 29.1. The van der Waals surface area contributed by atoms with Crippen LogP contribution in [0.25, 0.3) is 0 Å². The van der Waals surface area contributed by atoms with Gasteiger partial charge in [-0.1, -0.05) is 138 Å². The number of carboxylic acid groups (broad SMARTS) is 1. The van der Waals surface area contributed by atoms with Crippen molar-refractivity contribution >= 4 is 17.8 Å². The third kappa shape index (κ3) is 33.7. The Morgan fingerprint density at radius 2 is 1.15 bits per heavy atom. The number of aliphatic carboxylic acids is 1. The number of allylic oxidation sites excluding steroid dienone is 10. The van der Waals surface area contributed by atoms with Crippen LogP contribution >= 0.6 is 0 Å². The van der Waals surface area contributed by atoms with Gasteiger partial charge in [-0.2, -0.15) is 0 Å². The molecule has 0 aliphatic heterocycles. The molecule has 1 atom stereocenters. The Morgan fingerprint density at radius 3 is 1.74 bits per heavy atom. The average Bonchev–Trinajstić information content (AvgIpc) is 3.04. The van der Waals surface area contributed by atoms with E-state index < -0.39 is 5.97 Å². The van der Waals surface area contributed by atoms with Gasteiger partial charge in [0.05, 0.1) is 6.42 Å². The number of ether oxygens (including phenoxy) is 1. The Bertz CT molecular complexity index is 928. The standard InChI is InChI=1S/C40H65NO5/c1-3-5-7-9-11-13-14-15-16-17-18-19-21-27-31-35-40(45)46-37(32-28-24-20-12-10-8-6-4-2)33-29-25-22-23-26-30-34-38(42)41-36-39(43)44/h5,7,11,13,15-16,18-19,27-28,31-32,37H,3-4,6,8-10,12,14,17,20-26,29-30,33-36H2,1-2H3,(H,41,42)(H,43,44)/b7-5-,13-11-,16-15-,19-18-,31-27-,32-28-. The zero-order valence-electron chi connectivity index (χ0n) is 29.1. The molecule has 0 bridgehead atoms. The van der Waals surface area contributed by atoms with E-state index in [2.05, 4.69) is 79.9 Å². The van der Waals surface area contributed by atoms with Crippen molar-refractivity contribution in [2.24, 2.45) is 0 Å². The van der Waals surface area contributed by atoms with Crippen LogP contribution in [-0.2, 0) is 19.1 Å². The van der Waals surface area contributed by atoms with Gasteiger partial charge in [0.1, 0.15) is 12.6 Å². The predicted octanol–water partition coefficient (Wildman–Crippen LogP) is 10.7. The van der Waals surface area contributed by atoms with E-state index in [1.54, 1.807) is 0 Å². The molecule has 0 aromatic rings. The molecule has 46 heavy (non-hydrogen) atoms. The summed E-state index contributed by atoms with van der Waals surface area (Å²) in [5.41, 5.74) is 0. The molecule has 6 nitrogen and oxygen atoms in total. The molecule has 0 aliphatic rings. The maximum atomic E-state index is 12.6. The number of carbonyl (C=O) groups excluding carboxylic acids is 2. The van der Waals surface area contributed by atoms with Crippen LogP contribution in [0.5, 0.6) is 0 Å². The molecule has 1 amide bonds. The fraction of sp³-hybridized carbons (Fsp3) is 0.625. The molecule has 0 aliphatic carbocycles. The van der Waals surface area contributed by atoms with Crippen LogP contribution in [0.15, 0.2) is 72.9 Å². The van der Waals surface area contributed by atoms with Crippen molar-refractivity contribution in [2.75, 3.05) is 6.54 Å². The highest BCUT2D eigenvalue weighted by Gasteiger charge is 2.10. The van der Waals surface area contributed by atoms with Crippen molar-refractivity contribution in [1.82, 2.24) is 5.32 Å². The maximum Gasteiger partial charge on any atom is 0.322 e. The minimum absolute atomic E-state index is 0.184. The lowest BCUT2D eigenvalue weighted by Crippen LogP contribution is -2.28. The lowest BCUT2D eigenvalue weighted by molar-refractivity contribution is -0.146. The third-order valence-electron chi connectivity index (χ3n) is 7.38. The van der Waals surface area contributed by atoms with Crippen molar-refractivity contribution in [3.63, 3.8) is 0 Å². The summed E-state index contributed by atoms with van der Waals surface area (Å²) in [6.45, 7) is 4.06. The van der Waals surface area contributed by atoms with Gasteiger partial charge in [0.15, 0.2) is 0 Å². The number of rotatable bonds is 31. The van der Waals surface area contributed by atoms with Gasteiger partial charge < -0.3 is 15.2 Å². The molecule has 0 aromatic carbocycles. The van der Waals surface area contributed by atoms with E-state index in [-0.39, 0.29) is 30.9 Å². The molecule has 0 heterocycles. The van der Waals surface area contributed by atoms with Gasteiger partial charge in [0.25, 0.3) is 0 Å². The molecular weight excluding hydrogens is 574 g/mol. The second-order valence-electron chi connectivity index (χ2n) is 11.8. The number of hydrogen-bond acceptors (Lipinski definition) is 4. The molecule has 0 spiro atoms. The third-order valence-corrected chi connectivity index (χ3v) is 7.38. The van der Waals surface area contributed by atoms with Crippen LogP contribution in [0.1, 0.15) is 149 Å². The summed E-state index contributed by atoms with van der Waals surface area (Å²) in [5.74, 6) is -1.41. The van der Waals surface area contributed by atoms with E-state index in [1.807, 2.05) is 12.2 Å². The van der Waals surface area contributed by atoms with Gasteiger partial charge in [-0.15, -0.1) is 0 Å². The second kappa shape index (κ2) is 34.7. The van der Waals surface area contributed by atoms with Crippen molar-refractivity contribution in [3.8, 4) is 0 Å². The Balaban J connectivity index is 4.36. The summed E-state index contributed by atoms with van der Waals surface area (Å²) < 4.78 is 5.84. The normalized spacial score (nSPS) is 12.9. The molecule has 2 N–H and O–H groups in total. The van der Waals surface area contributed by atoms with E-state index in [1.165, 1.54) is 38.5 Å². The molecule has 260 valence electrons. The van der Waals surface area contributed by atoms with E-state index >= 15 is 0 Å². The van der Waals surface area contributed by atoms with Crippen LogP contribution in [0.3, 0.4) is 0 Å². The summed E-state index contributed by atoms with van der Waals surface area (Å²) in [5, 5.41) is 11.0. The van der Waals surface area contributed by atoms with E-state index in [0.717, 1.165) is 83.5 Å². The van der Waals surface area contributed by atoms with Gasteiger partial charge in [-0.05, 0) is 70.3 Å². The minimum atomic E-state index is -1.02. The number of carboxylic acids is 1.